The molecule has 2 aromatic rings. The molecular weight excluding hydrogens is 266 g/mol. The highest BCUT2D eigenvalue weighted by Gasteiger charge is 2.13. The van der Waals surface area contributed by atoms with Gasteiger partial charge in [0, 0.05) is 24.4 Å². The molecule has 0 aliphatic carbocycles. The van der Waals surface area contributed by atoms with Crippen LogP contribution >= 0.6 is 0 Å². The molecule has 6 heteroatoms. The first-order chi connectivity index (χ1) is 9.47. The van der Waals surface area contributed by atoms with E-state index in [9.17, 15) is 18.9 Å². The van der Waals surface area contributed by atoms with E-state index in [2.05, 4.69) is 5.32 Å². The number of benzene rings is 2. The van der Waals surface area contributed by atoms with E-state index >= 15 is 0 Å². The third kappa shape index (κ3) is 3.09. The van der Waals surface area contributed by atoms with Gasteiger partial charge in [-0.3, -0.25) is 10.1 Å². The van der Waals surface area contributed by atoms with Gasteiger partial charge in [0.2, 0.25) is 5.82 Å². The maximum absolute atomic E-state index is 13.4. The van der Waals surface area contributed by atoms with Gasteiger partial charge in [-0.2, -0.15) is 4.39 Å². The van der Waals surface area contributed by atoms with E-state index in [1.54, 1.807) is 19.1 Å². The Hall–Kier alpha value is -2.50. The third-order valence-electron chi connectivity index (χ3n) is 2.88. The minimum Gasteiger partial charge on any atom is -0.381 e. The van der Waals surface area contributed by atoms with Crippen LogP contribution in [-0.2, 0) is 6.54 Å². The number of hydrogen-bond donors (Lipinski definition) is 1. The van der Waals surface area contributed by atoms with Crippen LogP contribution in [0.1, 0.15) is 11.1 Å². The molecule has 104 valence electrons. The SMILES string of the molecule is Cc1ccc(CNc2ccc([N+](=O)[O-])c(F)c2)cc1F. The molecule has 0 aliphatic heterocycles. The van der Waals surface area contributed by atoms with Gasteiger partial charge in [-0.1, -0.05) is 12.1 Å². The molecule has 0 radical (unpaired) electrons. The number of anilines is 1. The van der Waals surface area contributed by atoms with Crippen LogP contribution in [0.25, 0.3) is 0 Å². The molecule has 0 bridgehead atoms. The Morgan fingerprint density at radius 2 is 1.90 bits per heavy atom. The maximum atomic E-state index is 13.4. The van der Waals surface area contributed by atoms with Gasteiger partial charge in [0.05, 0.1) is 4.92 Å². The van der Waals surface area contributed by atoms with Gasteiger partial charge >= 0.3 is 5.69 Å². The van der Waals surface area contributed by atoms with Gasteiger partial charge in [-0.25, -0.2) is 4.39 Å². The Bertz CT molecular complexity index is 660. The second-order valence-electron chi connectivity index (χ2n) is 4.36. The lowest BCUT2D eigenvalue weighted by molar-refractivity contribution is -0.387. The van der Waals surface area contributed by atoms with Crippen molar-refractivity contribution < 1.29 is 13.7 Å². The van der Waals surface area contributed by atoms with Crippen LogP contribution in [0.2, 0.25) is 0 Å². The fourth-order valence-electron chi connectivity index (χ4n) is 1.72. The summed E-state index contributed by atoms with van der Waals surface area (Å²) >= 11 is 0. The third-order valence-corrected chi connectivity index (χ3v) is 2.88. The molecule has 2 aromatic carbocycles. The molecule has 0 aromatic heterocycles. The highest BCUT2D eigenvalue weighted by molar-refractivity contribution is 5.50. The smallest absolute Gasteiger partial charge is 0.304 e. The zero-order valence-corrected chi connectivity index (χ0v) is 10.7. The Morgan fingerprint density at radius 3 is 2.50 bits per heavy atom. The van der Waals surface area contributed by atoms with Crippen LogP contribution in [-0.4, -0.2) is 4.92 Å². The van der Waals surface area contributed by atoms with Crippen LogP contribution in [0.3, 0.4) is 0 Å². The minimum absolute atomic E-state index is 0.300. The van der Waals surface area contributed by atoms with Gasteiger partial charge in [-0.05, 0) is 30.2 Å². The molecule has 0 fully saturated rings. The van der Waals surface area contributed by atoms with E-state index in [4.69, 9.17) is 0 Å². The fraction of sp³-hybridized carbons (Fsp3) is 0.143. The van der Waals surface area contributed by atoms with Crippen molar-refractivity contribution in [3.05, 3.63) is 69.3 Å². The predicted molar refractivity (Wildman–Crippen MR) is 71.5 cm³/mol. The zero-order valence-electron chi connectivity index (χ0n) is 10.7. The number of rotatable bonds is 4. The van der Waals surface area contributed by atoms with E-state index in [1.165, 1.54) is 12.1 Å². The Morgan fingerprint density at radius 1 is 1.15 bits per heavy atom. The average molecular weight is 278 g/mol. The molecule has 0 amide bonds. The normalized spacial score (nSPS) is 10.3. The molecule has 0 spiro atoms. The quantitative estimate of drug-likeness (QED) is 0.683. The van der Waals surface area contributed by atoms with Crippen molar-refractivity contribution in [2.75, 3.05) is 5.32 Å². The maximum Gasteiger partial charge on any atom is 0.304 e. The molecule has 2 rings (SSSR count). The number of nitro benzene ring substituents is 1. The zero-order chi connectivity index (χ0) is 14.7. The standard InChI is InChI=1S/C14H12F2N2O2/c1-9-2-3-10(6-12(9)15)8-17-11-4-5-14(18(19)20)13(16)7-11/h2-7,17H,8H2,1H3. The number of aryl methyl sites for hydroxylation is 1. The average Bonchev–Trinajstić information content (AvgIpc) is 2.40. The lowest BCUT2D eigenvalue weighted by atomic mass is 10.1. The first-order valence-corrected chi connectivity index (χ1v) is 5.90. The molecule has 0 atom stereocenters. The summed E-state index contributed by atoms with van der Waals surface area (Å²) in [6, 6.07) is 8.35. The van der Waals surface area contributed by atoms with E-state index in [1.807, 2.05) is 0 Å². The van der Waals surface area contributed by atoms with E-state index < -0.39 is 16.4 Å². The van der Waals surface area contributed by atoms with Crippen LogP contribution in [0.5, 0.6) is 0 Å². The second kappa shape index (κ2) is 5.64. The van der Waals surface area contributed by atoms with Crippen molar-refractivity contribution in [1.29, 1.82) is 0 Å². The number of nitrogens with one attached hydrogen (secondary N) is 1. The molecule has 1 N–H and O–H groups in total. The molecule has 20 heavy (non-hydrogen) atoms. The van der Waals surface area contributed by atoms with Gasteiger partial charge in [0.1, 0.15) is 5.82 Å². The van der Waals surface area contributed by atoms with Crippen LogP contribution < -0.4 is 5.32 Å². The second-order valence-corrected chi connectivity index (χ2v) is 4.36. The summed E-state index contributed by atoms with van der Waals surface area (Å²) in [5.74, 6) is -1.21. The fourth-order valence-corrected chi connectivity index (χ4v) is 1.72. The number of nitrogens with zero attached hydrogens (tertiary/aromatic N) is 1. The lowest BCUT2D eigenvalue weighted by Gasteiger charge is -2.07. The summed E-state index contributed by atoms with van der Waals surface area (Å²) in [5, 5.41) is 13.4. The number of halogens is 2. The van der Waals surface area contributed by atoms with Crippen molar-refractivity contribution >= 4 is 11.4 Å². The highest BCUT2D eigenvalue weighted by Crippen LogP contribution is 2.21. The summed E-state index contributed by atoms with van der Waals surface area (Å²) in [5.41, 5.74) is 1.08. The summed E-state index contributed by atoms with van der Waals surface area (Å²) in [7, 11) is 0. The highest BCUT2D eigenvalue weighted by atomic mass is 19.1. The Balaban J connectivity index is 2.09. The molecular formula is C14H12F2N2O2. The van der Waals surface area contributed by atoms with Crippen molar-refractivity contribution in [2.24, 2.45) is 0 Å². The van der Waals surface area contributed by atoms with Crippen molar-refractivity contribution in [3.8, 4) is 0 Å². The first-order valence-electron chi connectivity index (χ1n) is 5.90. The molecule has 0 saturated carbocycles. The molecule has 0 unspecified atom stereocenters. The molecule has 0 saturated heterocycles. The summed E-state index contributed by atoms with van der Waals surface area (Å²) in [6.07, 6.45) is 0. The Kier molecular flexibility index (Phi) is 3.93. The van der Waals surface area contributed by atoms with Gasteiger partial charge < -0.3 is 5.32 Å². The van der Waals surface area contributed by atoms with Crippen LogP contribution in [0, 0.1) is 28.7 Å². The van der Waals surface area contributed by atoms with Crippen LogP contribution in [0.4, 0.5) is 20.2 Å². The van der Waals surface area contributed by atoms with E-state index in [0.717, 1.165) is 12.1 Å². The predicted octanol–water partition coefficient (Wildman–Crippen LogP) is 3.79. The van der Waals surface area contributed by atoms with Gasteiger partial charge in [-0.15, -0.1) is 0 Å². The largest absolute Gasteiger partial charge is 0.381 e. The topological polar surface area (TPSA) is 55.2 Å². The monoisotopic (exact) mass is 278 g/mol. The summed E-state index contributed by atoms with van der Waals surface area (Å²) in [4.78, 5) is 9.70. The van der Waals surface area contributed by atoms with Gasteiger partial charge in [0.15, 0.2) is 0 Å². The van der Waals surface area contributed by atoms with Crippen LogP contribution in [0.15, 0.2) is 36.4 Å². The molecule has 4 nitrogen and oxygen atoms in total. The Labute approximate surface area is 114 Å². The van der Waals surface area contributed by atoms with E-state index in [0.29, 0.717) is 23.4 Å². The van der Waals surface area contributed by atoms with Gasteiger partial charge in [0.25, 0.3) is 0 Å². The summed E-state index contributed by atoms with van der Waals surface area (Å²) in [6.45, 7) is 1.96. The minimum atomic E-state index is -0.907. The summed E-state index contributed by atoms with van der Waals surface area (Å²) < 4.78 is 26.8. The first kappa shape index (κ1) is 13.9. The van der Waals surface area contributed by atoms with E-state index in [-0.39, 0.29) is 5.82 Å². The molecule has 0 aliphatic rings. The lowest BCUT2D eigenvalue weighted by Crippen LogP contribution is -2.01. The number of hydrogen-bond acceptors (Lipinski definition) is 3. The van der Waals surface area contributed by atoms with Crippen molar-refractivity contribution in [2.45, 2.75) is 13.5 Å². The molecule has 0 heterocycles. The van der Waals surface area contributed by atoms with Crippen molar-refractivity contribution in [3.63, 3.8) is 0 Å². The number of nitro groups is 1. The van der Waals surface area contributed by atoms with Crippen molar-refractivity contribution in [1.82, 2.24) is 0 Å².